The Hall–Kier alpha value is -3.59. The molecule has 0 radical (unpaired) electrons. The zero-order valence-electron chi connectivity index (χ0n) is 20.5. The van der Waals surface area contributed by atoms with Crippen LogP contribution in [-0.4, -0.2) is 41.6 Å². The van der Waals surface area contributed by atoms with Crippen molar-refractivity contribution in [1.29, 1.82) is 0 Å². The van der Waals surface area contributed by atoms with E-state index in [0.717, 1.165) is 59.6 Å². The largest absolute Gasteiger partial charge is 0.364 e. The van der Waals surface area contributed by atoms with Gasteiger partial charge < -0.3 is 20.9 Å². The van der Waals surface area contributed by atoms with Crippen molar-refractivity contribution in [2.45, 2.75) is 76.0 Å². The Morgan fingerprint density at radius 2 is 1.81 bits per heavy atom. The van der Waals surface area contributed by atoms with Crippen LogP contribution >= 0.6 is 0 Å². The number of aromatic nitrogens is 6. The Balaban J connectivity index is 1.26. The molecule has 0 spiro atoms. The van der Waals surface area contributed by atoms with Crippen molar-refractivity contribution in [2.75, 3.05) is 10.6 Å². The smallest absolute Gasteiger partial charge is 0.227 e. The van der Waals surface area contributed by atoms with Crippen LogP contribution in [-0.2, 0) is 6.54 Å². The van der Waals surface area contributed by atoms with Crippen LogP contribution in [0.2, 0.25) is 0 Å². The lowest BCUT2D eigenvalue weighted by Crippen LogP contribution is -2.35. The first-order chi connectivity index (χ1) is 17.7. The summed E-state index contributed by atoms with van der Waals surface area (Å²) in [6.07, 6.45) is 14.7. The van der Waals surface area contributed by atoms with Gasteiger partial charge in [0.15, 0.2) is 17.0 Å². The average molecular weight is 484 g/mol. The standard InChI is InChI=1S/C27H33N9/c28-19-6-5-7-20(14-19)33-27-34-25(24-26(35-27)36(17-32-24)21-8-1-2-9-21)31-16-18-11-12-23(30-15-18)22-10-3-4-13-29-22/h3-4,10-13,15,17,19-21H,1-2,5-9,14,16,28H2,(H2,31,33,34,35). The van der Waals surface area contributed by atoms with Gasteiger partial charge in [-0.2, -0.15) is 9.97 Å². The van der Waals surface area contributed by atoms with E-state index < -0.39 is 0 Å². The van der Waals surface area contributed by atoms with Crippen LogP contribution in [0, 0.1) is 0 Å². The molecule has 2 saturated carbocycles. The second-order valence-corrected chi connectivity index (χ2v) is 10.0. The summed E-state index contributed by atoms with van der Waals surface area (Å²) in [6.45, 7) is 0.589. The molecule has 0 bridgehead atoms. The van der Waals surface area contributed by atoms with Crippen LogP contribution in [0.3, 0.4) is 0 Å². The molecule has 4 aromatic heterocycles. The normalized spacial score (nSPS) is 20.6. The molecule has 9 heteroatoms. The van der Waals surface area contributed by atoms with Gasteiger partial charge in [-0.25, -0.2) is 4.98 Å². The summed E-state index contributed by atoms with van der Waals surface area (Å²) in [5, 5.41) is 7.08. The molecule has 2 atom stereocenters. The van der Waals surface area contributed by atoms with E-state index in [2.05, 4.69) is 31.2 Å². The minimum atomic E-state index is 0.239. The number of rotatable bonds is 7. The zero-order valence-corrected chi connectivity index (χ0v) is 20.5. The highest BCUT2D eigenvalue weighted by atomic mass is 15.2. The van der Waals surface area contributed by atoms with E-state index in [1.165, 1.54) is 25.7 Å². The molecule has 186 valence electrons. The summed E-state index contributed by atoms with van der Waals surface area (Å²) in [5.74, 6) is 1.39. The Labute approximate surface area is 211 Å². The van der Waals surface area contributed by atoms with E-state index in [0.29, 0.717) is 24.6 Å². The molecule has 6 rings (SSSR count). The summed E-state index contributed by atoms with van der Waals surface area (Å²) in [5.41, 5.74) is 10.7. The minimum Gasteiger partial charge on any atom is -0.364 e. The maximum absolute atomic E-state index is 6.23. The first kappa shape index (κ1) is 22.8. The number of nitrogens with zero attached hydrogens (tertiary/aromatic N) is 6. The minimum absolute atomic E-state index is 0.239. The van der Waals surface area contributed by atoms with Crippen LogP contribution in [0.4, 0.5) is 11.8 Å². The van der Waals surface area contributed by atoms with Gasteiger partial charge in [0, 0.05) is 37.1 Å². The highest BCUT2D eigenvalue weighted by molar-refractivity contribution is 5.84. The van der Waals surface area contributed by atoms with Crippen LogP contribution in [0.15, 0.2) is 49.1 Å². The predicted octanol–water partition coefficient (Wildman–Crippen LogP) is 4.69. The van der Waals surface area contributed by atoms with E-state index >= 15 is 0 Å². The second kappa shape index (κ2) is 10.2. The van der Waals surface area contributed by atoms with Gasteiger partial charge >= 0.3 is 0 Å². The van der Waals surface area contributed by atoms with Gasteiger partial charge in [-0.05, 0) is 62.3 Å². The number of fused-ring (bicyclic) bond motifs is 1. The lowest BCUT2D eigenvalue weighted by molar-refractivity contribution is 0.408. The molecule has 0 aliphatic heterocycles. The molecule has 2 aliphatic carbocycles. The van der Waals surface area contributed by atoms with Crippen molar-refractivity contribution < 1.29 is 0 Å². The summed E-state index contributed by atoms with van der Waals surface area (Å²) >= 11 is 0. The highest BCUT2D eigenvalue weighted by Crippen LogP contribution is 2.33. The van der Waals surface area contributed by atoms with Crippen LogP contribution in [0.25, 0.3) is 22.6 Å². The lowest BCUT2D eigenvalue weighted by atomic mass is 9.92. The maximum Gasteiger partial charge on any atom is 0.227 e. The number of hydrogen-bond donors (Lipinski definition) is 3. The van der Waals surface area contributed by atoms with Gasteiger partial charge in [0.25, 0.3) is 0 Å². The molecular formula is C27H33N9. The fourth-order valence-corrected chi connectivity index (χ4v) is 5.48. The van der Waals surface area contributed by atoms with Crippen molar-refractivity contribution in [3.8, 4) is 11.4 Å². The quantitative estimate of drug-likeness (QED) is 0.346. The first-order valence-electron chi connectivity index (χ1n) is 13.1. The van der Waals surface area contributed by atoms with Gasteiger partial charge in [0.2, 0.25) is 5.95 Å². The highest BCUT2D eigenvalue weighted by Gasteiger charge is 2.24. The monoisotopic (exact) mass is 483 g/mol. The summed E-state index contributed by atoms with van der Waals surface area (Å²) in [7, 11) is 0. The molecule has 9 nitrogen and oxygen atoms in total. The maximum atomic E-state index is 6.23. The van der Waals surface area contributed by atoms with Crippen LogP contribution < -0.4 is 16.4 Å². The molecular weight excluding hydrogens is 450 g/mol. The Bertz CT molecular complexity index is 1300. The molecule has 0 saturated heterocycles. The molecule has 0 aromatic carbocycles. The zero-order chi connectivity index (χ0) is 24.3. The Kier molecular flexibility index (Phi) is 6.46. The number of hydrogen-bond acceptors (Lipinski definition) is 8. The third kappa shape index (κ3) is 4.88. The van der Waals surface area contributed by atoms with Gasteiger partial charge in [0.1, 0.15) is 0 Å². The van der Waals surface area contributed by atoms with Crippen molar-refractivity contribution >= 4 is 22.9 Å². The number of nitrogens with one attached hydrogen (secondary N) is 2. The lowest BCUT2D eigenvalue weighted by Gasteiger charge is -2.27. The molecule has 2 fully saturated rings. The third-order valence-electron chi connectivity index (χ3n) is 7.40. The van der Waals surface area contributed by atoms with Gasteiger partial charge in [-0.15, -0.1) is 0 Å². The summed E-state index contributed by atoms with van der Waals surface area (Å²) in [6, 6.07) is 10.9. The molecule has 2 unspecified atom stereocenters. The summed E-state index contributed by atoms with van der Waals surface area (Å²) < 4.78 is 2.25. The fourth-order valence-electron chi connectivity index (χ4n) is 5.48. The van der Waals surface area contributed by atoms with Crippen molar-refractivity contribution in [1.82, 2.24) is 29.5 Å². The number of nitrogens with two attached hydrogens (primary N) is 1. The van der Waals surface area contributed by atoms with E-state index in [4.69, 9.17) is 20.7 Å². The van der Waals surface area contributed by atoms with E-state index in [1.54, 1.807) is 6.20 Å². The van der Waals surface area contributed by atoms with E-state index in [1.807, 2.05) is 36.8 Å². The first-order valence-corrected chi connectivity index (χ1v) is 13.1. The van der Waals surface area contributed by atoms with Crippen LogP contribution in [0.5, 0.6) is 0 Å². The Morgan fingerprint density at radius 1 is 0.917 bits per heavy atom. The number of anilines is 2. The van der Waals surface area contributed by atoms with Crippen molar-refractivity contribution in [3.05, 3.63) is 54.6 Å². The summed E-state index contributed by atoms with van der Waals surface area (Å²) in [4.78, 5) is 23.5. The van der Waals surface area contributed by atoms with Gasteiger partial charge in [-0.3, -0.25) is 9.97 Å². The molecule has 4 aromatic rings. The van der Waals surface area contributed by atoms with Crippen molar-refractivity contribution in [2.24, 2.45) is 5.73 Å². The van der Waals surface area contributed by atoms with Gasteiger partial charge in [0.05, 0.1) is 17.7 Å². The Morgan fingerprint density at radius 3 is 2.58 bits per heavy atom. The number of imidazole rings is 1. The average Bonchev–Trinajstić information content (AvgIpc) is 3.58. The van der Waals surface area contributed by atoms with Crippen LogP contribution in [0.1, 0.15) is 63.0 Å². The van der Waals surface area contributed by atoms with Gasteiger partial charge in [-0.1, -0.05) is 25.0 Å². The molecule has 4 N–H and O–H groups in total. The van der Waals surface area contributed by atoms with E-state index in [9.17, 15) is 0 Å². The fraction of sp³-hybridized carbons (Fsp3) is 0.444. The van der Waals surface area contributed by atoms with Crippen molar-refractivity contribution in [3.63, 3.8) is 0 Å². The number of pyridine rings is 2. The molecule has 36 heavy (non-hydrogen) atoms. The predicted molar refractivity (Wildman–Crippen MR) is 141 cm³/mol. The molecule has 2 aliphatic rings. The SMILES string of the molecule is NC1CCCC(Nc2nc(NCc3ccc(-c4ccccn4)nc3)c3ncn(C4CCCC4)c3n2)C1. The second-order valence-electron chi connectivity index (χ2n) is 10.0. The molecule has 0 amide bonds. The van der Waals surface area contributed by atoms with E-state index in [-0.39, 0.29) is 6.04 Å². The topological polar surface area (TPSA) is 119 Å². The molecule has 4 heterocycles. The third-order valence-corrected chi connectivity index (χ3v) is 7.40.